The van der Waals surface area contributed by atoms with Gasteiger partial charge in [0.2, 0.25) is 0 Å². The van der Waals surface area contributed by atoms with Crippen molar-refractivity contribution >= 4 is 18.0 Å². The fourth-order valence-electron chi connectivity index (χ4n) is 2.24. The number of carbonyl (C=O) groups is 1. The Kier molecular flexibility index (Phi) is 3.85. The number of aryl methyl sites for hydroxylation is 1. The van der Waals surface area contributed by atoms with Crippen LogP contribution in [0, 0.1) is 0 Å². The van der Waals surface area contributed by atoms with Gasteiger partial charge in [0.05, 0.1) is 24.6 Å². The molecule has 98 valence electrons. The third kappa shape index (κ3) is 2.21. The lowest BCUT2D eigenvalue weighted by atomic mass is 9.93. The number of hydrogen-bond donors (Lipinski definition) is 0. The summed E-state index contributed by atoms with van der Waals surface area (Å²) in [6.45, 7) is 2.08. The van der Waals surface area contributed by atoms with Crippen molar-refractivity contribution in [1.29, 1.82) is 0 Å². The maximum atomic E-state index is 12.0. The van der Waals surface area contributed by atoms with E-state index in [0.717, 1.165) is 48.2 Å². The number of carbonyl (C=O) groups excluding carboxylic acids is 1. The van der Waals surface area contributed by atoms with Crippen molar-refractivity contribution in [2.45, 2.75) is 31.6 Å². The van der Waals surface area contributed by atoms with Crippen molar-refractivity contribution in [2.75, 3.05) is 13.4 Å². The summed E-state index contributed by atoms with van der Waals surface area (Å²) in [4.78, 5) is 12.0. The summed E-state index contributed by atoms with van der Waals surface area (Å²) in [7, 11) is 1.67. The fraction of sp³-hybridized carbons (Fsp3) is 0.500. The highest BCUT2D eigenvalue weighted by molar-refractivity contribution is 7.94. The van der Waals surface area contributed by atoms with Crippen LogP contribution in [0.2, 0.25) is 0 Å². The van der Waals surface area contributed by atoms with Crippen molar-refractivity contribution in [3.63, 3.8) is 0 Å². The molecule has 1 aliphatic carbocycles. The molecule has 0 spiro atoms. The highest BCUT2D eigenvalue weighted by atomic mass is 32.2. The zero-order chi connectivity index (χ0) is 13.2. The van der Waals surface area contributed by atoms with Gasteiger partial charge in [-0.25, -0.2) is 0 Å². The van der Waals surface area contributed by atoms with Crippen LogP contribution >= 0.6 is 12.0 Å². The standard InChI is InChI=1S/C14H18O3S/c1-4-10-9-11(5-6-12(10)16-2)14(7-8-14)13(15)17-18-3/h5-6,9H,4,7-8H2,1-3H3. The summed E-state index contributed by atoms with van der Waals surface area (Å²) in [5.74, 6) is 0.762. The van der Waals surface area contributed by atoms with Crippen LogP contribution in [0.25, 0.3) is 0 Å². The van der Waals surface area contributed by atoms with E-state index in [-0.39, 0.29) is 5.97 Å². The molecule has 1 aromatic carbocycles. The SMILES string of the molecule is CCc1cc(C2(C(=O)OSC)CC2)ccc1OC. The molecule has 0 saturated heterocycles. The Morgan fingerprint density at radius 1 is 1.44 bits per heavy atom. The summed E-state index contributed by atoms with van der Waals surface area (Å²) >= 11 is 1.11. The van der Waals surface area contributed by atoms with Gasteiger partial charge in [-0.3, -0.25) is 4.79 Å². The van der Waals surface area contributed by atoms with E-state index in [1.54, 1.807) is 13.4 Å². The number of hydrogen-bond acceptors (Lipinski definition) is 4. The minimum absolute atomic E-state index is 0.123. The zero-order valence-electron chi connectivity index (χ0n) is 11.0. The van der Waals surface area contributed by atoms with Gasteiger partial charge in [0, 0.05) is 6.26 Å². The maximum Gasteiger partial charge on any atom is 0.328 e. The molecule has 0 aromatic heterocycles. The van der Waals surface area contributed by atoms with Gasteiger partial charge in [-0.15, -0.1) is 0 Å². The average molecular weight is 266 g/mol. The lowest BCUT2D eigenvalue weighted by Crippen LogP contribution is -2.21. The predicted molar refractivity (Wildman–Crippen MR) is 72.9 cm³/mol. The minimum Gasteiger partial charge on any atom is -0.496 e. The first kappa shape index (κ1) is 13.3. The number of benzene rings is 1. The summed E-state index contributed by atoms with van der Waals surface area (Å²) in [5.41, 5.74) is 1.79. The normalized spacial score (nSPS) is 16.2. The van der Waals surface area contributed by atoms with E-state index in [1.165, 1.54) is 0 Å². The number of ether oxygens (including phenoxy) is 1. The van der Waals surface area contributed by atoms with E-state index in [1.807, 2.05) is 12.1 Å². The topological polar surface area (TPSA) is 35.5 Å². The van der Waals surface area contributed by atoms with Crippen LogP contribution in [0.5, 0.6) is 5.75 Å². The van der Waals surface area contributed by atoms with E-state index < -0.39 is 5.41 Å². The maximum absolute atomic E-state index is 12.0. The smallest absolute Gasteiger partial charge is 0.328 e. The Morgan fingerprint density at radius 2 is 2.17 bits per heavy atom. The molecule has 2 rings (SSSR count). The Bertz CT molecular complexity index is 452. The molecule has 0 amide bonds. The molecule has 0 heterocycles. The molecule has 0 aliphatic heterocycles. The lowest BCUT2D eigenvalue weighted by Gasteiger charge is -2.15. The van der Waals surface area contributed by atoms with E-state index >= 15 is 0 Å². The molecule has 18 heavy (non-hydrogen) atoms. The minimum atomic E-state index is -0.404. The van der Waals surface area contributed by atoms with Gasteiger partial charge in [0.25, 0.3) is 0 Å². The van der Waals surface area contributed by atoms with Gasteiger partial charge >= 0.3 is 5.97 Å². The van der Waals surface area contributed by atoms with Crippen molar-refractivity contribution < 1.29 is 13.7 Å². The first-order valence-electron chi connectivity index (χ1n) is 6.10. The molecule has 0 atom stereocenters. The molecule has 0 radical (unpaired) electrons. The molecule has 3 nitrogen and oxygen atoms in total. The Morgan fingerprint density at radius 3 is 2.67 bits per heavy atom. The Labute approximate surface area is 112 Å². The second-order valence-electron chi connectivity index (χ2n) is 4.50. The highest BCUT2D eigenvalue weighted by Gasteiger charge is 2.53. The van der Waals surface area contributed by atoms with Crippen LogP contribution in [0.15, 0.2) is 18.2 Å². The summed E-state index contributed by atoms with van der Waals surface area (Å²) < 4.78 is 10.4. The van der Waals surface area contributed by atoms with Crippen molar-refractivity contribution in [2.24, 2.45) is 0 Å². The van der Waals surface area contributed by atoms with E-state index in [4.69, 9.17) is 8.92 Å². The van der Waals surface area contributed by atoms with E-state index in [9.17, 15) is 4.79 Å². The highest BCUT2D eigenvalue weighted by Crippen LogP contribution is 2.50. The molecule has 0 unspecified atom stereocenters. The van der Waals surface area contributed by atoms with Crippen LogP contribution in [0.1, 0.15) is 30.9 Å². The van der Waals surface area contributed by atoms with Crippen LogP contribution in [-0.4, -0.2) is 19.3 Å². The summed E-state index contributed by atoms with van der Waals surface area (Å²) in [5, 5.41) is 0. The van der Waals surface area contributed by atoms with E-state index in [2.05, 4.69) is 13.0 Å². The Balaban J connectivity index is 2.31. The van der Waals surface area contributed by atoms with Gasteiger partial charge < -0.3 is 8.92 Å². The van der Waals surface area contributed by atoms with Crippen LogP contribution in [-0.2, 0) is 20.8 Å². The summed E-state index contributed by atoms with van der Waals surface area (Å²) in [6.07, 6.45) is 4.41. The van der Waals surface area contributed by atoms with Crippen LogP contribution in [0.4, 0.5) is 0 Å². The van der Waals surface area contributed by atoms with Crippen molar-refractivity contribution in [3.8, 4) is 5.75 Å². The largest absolute Gasteiger partial charge is 0.496 e. The molecule has 1 aliphatic rings. The Hall–Kier alpha value is -1.16. The van der Waals surface area contributed by atoms with Gasteiger partial charge in [-0.05, 0) is 36.5 Å². The van der Waals surface area contributed by atoms with Crippen LogP contribution < -0.4 is 4.74 Å². The monoisotopic (exact) mass is 266 g/mol. The van der Waals surface area contributed by atoms with Gasteiger partial charge in [0.15, 0.2) is 0 Å². The van der Waals surface area contributed by atoms with Crippen molar-refractivity contribution in [3.05, 3.63) is 29.3 Å². The number of rotatable bonds is 5. The third-order valence-corrected chi connectivity index (χ3v) is 3.83. The second kappa shape index (κ2) is 5.22. The first-order chi connectivity index (χ1) is 8.67. The fourth-order valence-corrected chi connectivity index (χ4v) is 2.55. The van der Waals surface area contributed by atoms with Gasteiger partial charge in [0.1, 0.15) is 5.75 Å². The number of methoxy groups -OCH3 is 1. The molecular weight excluding hydrogens is 248 g/mol. The summed E-state index contributed by atoms with van der Waals surface area (Å²) in [6, 6.07) is 6.00. The van der Waals surface area contributed by atoms with E-state index in [0.29, 0.717) is 0 Å². The lowest BCUT2D eigenvalue weighted by molar-refractivity contribution is -0.135. The van der Waals surface area contributed by atoms with Crippen LogP contribution in [0.3, 0.4) is 0 Å². The third-order valence-electron chi connectivity index (χ3n) is 3.51. The van der Waals surface area contributed by atoms with Gasteiger partial charge in [-0.1, -0.05) is 19.1 Å². The molecule has 0 bridgehead atoms. The first-order valence-corrected chi connectivity index (χ1v) is 7.25. The molecular formula is C14H18O3S. The quantitative estimate of drug-likeness (QED) is 0.767. The molecule has 1 fully saturated rings. The van der Waals surface area contributed by atoms with Gasteiger partial charge in [-0.2, -0.15) is 0 Å². The van der Waals surface area contributed by atoms with Crippen molar-refractivity contribution in [1.82, 2.24) is 0 Å². The molecule has 1 saturated carbocycles. The molecule has 0 N–H and O–H groups in total. The molecule has 4 heteroatoms. The predicted octanol–water partition coefficient (Wildman–Crippen LogP) is 3.11. The molecule has 1 aromatic rings. The second-order valence-corrected chi connectivity index (χ2v) is 5.00. The zero-order valence-corrected chi connectivity index (χ0v) is 11.8. The average Bonchev–Trinajstić information content (AvgIpc) is 3.19.